The Morgan fingerprint density at radius 2 is 1.74 bits per heavy atom. The largest absolute Gasteiger partial charge is 0.465 e. The quantitative estimate of drug-likeness (QED) is 0.540. The first-order valence-corrected chi connectivity index (χ1v) is 11.5. The first-order valence-electron chi connectivity index (χ1n) is 9.25. The van der Waals surface area contributed by atoms with E-state index in [-0.39, 0.29) is 16.9 Å². The summed E-state index contributed by atoms with van der Waals surface area (Å²) in [6, 6.07) is 6.12. The molecular weight excluding hydrogens is 444 g/mol. The number of hydrogen-bond donors (Lipinski definition) is 2. The molecule has 31 heavy (non-hydrogen) atoms. The van der Waals surface area contributed by atoms with Gasteiger partial charge in [0.2, 0.25) is 10.0 Å². The molecular formula is C20H24N2O7S2. The fourth-order valence-corrected chi connectivity index (χ4v) is 4.44. The number of hydrogen-bond acceptors (Lipinski definition) is 8. The molecule has 11 heteroatoms. The molecule has 168 valence electrons. The van der Waals surface area contributed by atoms with Gasteiger partial charge in [-0.15, -0.1) is 11.3 Å². The van der Waals surface area contributed by atoms with E-state index in [2.05, 4.69) is 10.0 Å². The number of ether oxygens (including phenoxy) is 2. The minimum atomic E-state index is -3.52. The number of carbonyl (C=O) groups excluding carboxylic acids is 3. The molecule has 0 aliphatic carbocycles. The molecule has 0 atom stereocenters. The third-order valence-corrected chi connectivity index (χ3v) is 7.07. The number of anilines is 1. The number of aryl methyl sites for hydroxylation is 2. The Kier molecular flexibility index (Phi) is 8.31. The van der Waals surface area contributed by atoms with Crippen LogP contribution in [0.15, 0.2) is 29.2 Å². The predicted octanol–water partition coefficient (Wildman–Crippen LogP) is 2.17. The van der Waals surface area contributed by atoms with E-state index < -0.39 is 34.5 Å². The lowest BCUT2D eigenvalue weighted by molar-refractivity contribution is -0.147. The van der Waals surface area contributed by atoms with Crippen molar-refractivity contribution in [1.82, 2.24) is 4.72 Å². The lowest BCUT2D eigenvalue weighted by Crippen LogP contribution is -2.21. The number of methoxy groups -OCH3 is 1. The van der Waals surface area contributed by atoms with E-state index in [4.69, 9.17) is 9.47 Å². The molecule has 0 saturated heterocycles. The number of nitrogens with one attached hydrogen (secondary N) is 2. The molecule has 0 radical (unpaired) electrons. The van der Waals surface area contributed by atoms with Crippen molar-refractivity contribution in [2.75, 3.05) is 26.1 Å². The second-order valence-electron chi connectivity index (χ2n) is 6.54. The molecule has 1 amide bonds. The molecule has 0 spiro atoms. The van der Waals surface area contributed by atoms with Crippen LogP contribution in [0, 0.1) is 13.8 Å². The molecule has 0 saturated carbocycles. The van der Waals surface area contributed by atoms with Gasteiger partial charge in [-0.25, -0.2) is 17.9 Å². The summed E-state index contributed by atoms with van der Waals surface area (Å²) in [4.78, 5) is 37.0. The van der Waals surface area contributed by atoms with Crippen molar-refractivity contribution in [3.63, 3.8) is 0 Å². The minimum Gasteiger partial charge on any atom is -0.465 e. The van der Waals surface area contributed by atoms with Crippen LogP contribution < -0.4 is 10.0 Å². The summed E-state index contributed by atoms with van der Waals surface area (Å²) in [6.07, 6.45) is 0.353. The monoisotopic (exact) mass is 468 g/mol. The SMILES string of the molecule is CNS(=O)(=O)c1ccc(CCC(=O)OCC(=O)Nc2sc(C)c(C)c2C(=O)OC)cc1. The molecule has 2 rings (SSSR count). The maximum Gasteiger partial charge on any atom is 0.341 e. The zero-order valence-electron chi connectivity index (χ0n) is 17.6. The zero-order chi connectivity index (χ0) is 23.2. The highest BCUT2D eigenvalue weighted by Gasteiger charge is 2.22. The number of sulfonamides is 1. The average Bonchev–Trinajstić information content (AvgIpc) is 3.03. The summed E-state index contributed by atoms with van der Waals surface area (Å²) in [7, 11) is -0.931. The second-order valence-corrected chi connectivity index (χ2v) is 9.65. The molecule has 0 unspecified atom stereocenters. The van der Waals surface area contributed by atoms with E-state index in [1.807, 2.05) is 6.92 Å². The van der Waals surface area contributed by atoms with Crippen LogP contribution in [0.5, 0.6) is 0 Å². The molecule has 0 aliphatic heterocycles. The zero-order valence-corrected chi connectivity index (χ0v) is 19.2. The molecule has 0 aliphatic rings. The Balaban J connectivity index is 1.86. The summed E-state index contributed by atoms with van der Waals surface area (Å²) in [5.41, 5.74) is 1.76. The van der Waals surface area contributed by atoms with Crippen molar-refractivity contribution in [3.8, 4) is 0 Å². The van der Waals surface area contributed by atoms with Gasteiger partial charge in [0.1, 0.15) is 5.00 Å². The van der Waals surface area contributed by atoms with Crippen molar-refractivity contribution in [1.29, 1.82) is 0 Å². The first kappa shape index (κ1) is 24.5. The van der Waals surface area contributed by atoms with E-state index in [0.717, 1.165) is 16.0 Å². The van der Waals surface area contributed by atoms with E-state index in [1.165, 1.54) is 37.6 Å². The number of benzene rings is 1. The maximum absolute atomic E-state index is 12.1. The van der Waals surface area contributed by atoms with Crippen LogP contribution in [-0.4, -0.2) is 47.0 Å². The van der Waals surface area contributed by atoms with Crippen molar-refractivity contribution in [3.05, 3.63) is 45.8 Å². The Hall–Kier alpha value is -2.76. The molecule has 9 nitrogen and oxygen atoms in total. The van der Waals surface area contributed by atoms with Gasteiger partial charge in [-0.05, 0) is 50.6 Å². The van der Waals surface area contributed by atoms with Gasteiger partial charge in [-0.3, -0.25) is 9.59 Å². The van der Waals surface area contributed by atoms with Crippen molar-refractivity contribution in [2.45, 2.75) is 31.6 Å². The molecule has 1 aromatic heterocycles. The molecule has 2 aromatic rings. The molecule has 1 heterocycles. The van der Waals surface area contributed by atoms with Crippen LogP contribution in [0.3, 0.4) is 0 Å². The summed E-state index contributed by atoms with van der Waals surface area (Å²) in [5, 5.41) is 2.93. The number of esters is 2. The number of amides is 1. The minimum absolute atomic E-state index is 0.0238. The van der Waals surface area contributed by atoms with Crippen LogP contribution in [0.4, 0.5) is 5.00 Å². The van der Waals surface area contributed by atoms with Crippen LogP contribution in [0.2, 0.25) is 0 Å². The van der Waals surface area contributed by atoms with Gasteiger partial charge in [0.05, 0.1) is 17.6 Å². The van der Waals surface area contributed by atoms with Crippen LogP contribution in [-0.2, 0) is 35.5 Å². The number of carbonyl (C=O) groups is 3. The Morgan fingerprint density at radius 1 is 1.10 bits per heavy atom. The molecule has 0 fully saturated rings. The first-order chi connectivity index (χ1) is 14.6. The van der Waals surface area contributed by atoms with Gasteiger partial charge in [0.15, 0.2) is 6.61 Å². The van der Waals surface area contributed by atoms with Crippen LogP contribution >= 0.6 is 11.3 Å². The van der Waals surface area contributed by atoms with Crippen LogP contribution in [0.1, 0.15) is 32.8 Å². The van der Waals surface area contributed by atoms with E-state index in [9.17, 15) is 22.8 Å². The van der Waals surface area contributed by atoms with Crippen molar-refractivity contribution in [2.24, 2.45) is 0 Å². The fraction of sp³-hybridized carbons (Fsp3) is 0.350. The Bertz CT molecular complexity index is 1070. The third kappa shape index (κ3) is 6.36. The standard InChI is InChI=1S/C20H24N2O7S2/c1-12-13(2)30-19(18(12)20(25)28-4)22-16(23)11-29-17(24)10-7-14-5-8-15(9-6-14)31(26,27)21-3/h5-6,8-9,21H,7,10-11H2,1-4H3,(H,22,23). The molecule has 0 bridgehead atoms. The number of thiophene rings is 1. The highest BCUT2D eigenvalue weighted by Crippen LogP contribution is 2.32. The predicted molar refractivity (Wildman–Crippen MR) is 116 cm³/mol. The second kappa shape index (κ2) is 10.5. The van der Waals surface area contributed by atoms with Gasteiger partial charge in [-0.1, -0.05) is 12.1 Å². The van der Waals surface area contributed by atoms with E-state index in [0.29, 0.717) is 11.4 Å². The Morgan fingerprint density at radius 3 is 2.32 bits per heavy atom. The van der Waals surface area contributed by atoms with Gasteiger partial charge in [-0.2, -0.15) is 0 Å². The summed E-state index contributed by atoms with van der Waals surface area (Å²) in [6.45, 7) is 3.09. The Labute approximate surface area is 184 Å². The summed E-state index contributed by atoms with van der Waals surface area (Å²) < 4.78 is 35.4. The lowest BCUT2D eigenvalue weighted by atomic mass is 10.1. The van der Waals surface area contributed by atoms with Crippen molar-refractivity contribution >= 4 is 44.2 Å². The van der Waals surface area contributed by atoms with Crippen LogP contribution in [0.25, 0.3) is 0 Å². The fourth-order valence-electron chi connectivity index (χ4n) is 2.64. The topological polar surface area (TPSA) is 128 Å². The normalized spacial score (nSPS) is 11.1. The molecule has 2 N–H and O–H groups in total. The van der Waals surface area contributed by atoms with Gasteiger partial charge >= 0.3 is 11.9 Å². The van der Waals surface area contributed by atoms with Gasteiger partial charge < -0.3 is 14.8 Å². The van der Waals surface area contributed by atoms with Crippen molar-refractivity contribution < 1.29 is 32.3 Å². The maximum atomic E-state index is 12.1. The smallest absolute Gasteiger partial charge is 0.341 e. The molecule has 1 aromatic carbocycles. The summed E-state index contributed by atoms with van der Waals surface area (Å²) >= 11 is 1.24. The van der Waals surface area contributed by atoms with E-state index in [1.54, 1.807) is 19.1 Å². The highest BCUT2D eigenvalue weighted by atomic mass is 32.2. The van der Waals surface area contributed by atoms with Gasteiger partial charge in [0.25, 0.3) is 5.91 Å². The highest BCUT2D eigenvalue weighted by molar-refractivity contribution is 7.89. The lowest BCUT2D eigenvalue weighted by Gasteiger charge is -2.08. The third-order valence-electron chi connectivity index (χ3n) is 4.51. The van der Waals surface area contributed by atoms with E-state index >= 15 is 0 Å². The summed E-state index contributed by atoms with van der Waals surface area (Å²) in [5.74, 6) is -1.70. The van der Waals surface area contributed by atoms with Gasteiger partial charge in [0, 0.05) is 11.3 Å². The average molecular weight is 469 g/mol. The number of rotatable bonds is 9.